The molecule has 4 N–H and O–H groups in total. The highest BCUT2D eigenvalue weighted by atomic mass is 16.5. The lowest BCUT2D eigenvalue weighted by Gasteiger charge is -2.38. The van der Waals surface area contributed by atoms with Gasteiger partial charge in [-0.05, 0) is 6.92 Å². The van der Waals surface area contributed by atoms with Crippen LogP contribution in [0.2, 0.25) is 0 Å². The molecule has 0 radical (unpaired) electrons. The second-order valence-corrected chi connectivity index (χ2v) is 3.98. The zero-order chi connectivity index (χ0) is 12.2. The van der Waals surface area contributed by atoms with Gasteiger partial charge in [-0.1, -0.05) is 0 Å². The Kier molecular flexibility index (Phi) is 4.22. The molecule has 1 aliphatic heterocycles. The van der Waals surface area contributed by atoms with Crippen LogP contribution < -0.4 is 10.6 Å². The van der Waals surface area contributed by atoms with Gasteiger partial charge >= 0.3 is 5.97 Å². The van der Waals surface area contributed by atoms with Crippen molar-refractivity contribution in [1.82, 2.24) is 10.6 Å². The molecule has 7 nitrogen and oxygen atoms in total. The average molecular weight is 232 g/mol. The van der Waals surface area contributed by atoms with Crippen molar-refractivity contribution < 1.29 is 24.5 Å². The van der Waals surface area contributed by atoms with Gasteiger partial charge in [0.25, 0.3) is 0 Å². The zero-order valence-corrected chi connectivity index (χ0v) is 9.02. The van der Waals surface area contributed by atoms with Crippen molar-refractivity contribution in [3.8, 4) is 0 Å². The van der Waals surface area contributed by atoms with Crippen LogP contribution in [0.5, 0.6) is 0 Å². The number of aliphatic hydroxyl groups is 1. The first-order valence-electron chi connectivity index (χ1n) is 4.94. The lowest BCUT2D eigenvalue weighted by molar-refractivity contribution is -0.146. The fourth-order valence-electron chi connectivity index (χ4n) is 1.24. The van der Waals surface area contributed by atoms with E-state index in [9.17, 15) is 9.59 Å². The first-order chi connectivity index (χ1) is 7.47. The number of carboxylic acids is 1. The van der Waals surface area contributed by atoms with E-state index in [2.05, 4.69) is 10.6 Å². The number of hydrogen-bond acceptors (Lipinski definition) is 5. The van der Waals surface area contributed by atoms with Gasteiger partial charge in [-0.2, -0.15) is 0 Å². The van der Waals surface area contributed by atoms with Gasteiger partial charge in [0.1, 0.15) is 12.6 Å². The van der Waals surface area contributed by atoms with E-state index in [0.717, 1.165) is 0 Å². The molecule has 0 aromatic heterocycles. The number of carbonyl (C=O) groups excluding carboxylic acids is 1. The molecule has 1 unspecified atom stereocenters. The molecule has 0 aromatic rings. The van der Waals surface area contributed by atoms with Crippen LogP contribution in [0.15, 0.2) is 0 Å². The predicted octanol–water partition coefficient (Wildman–Crippen LogP) is -2.07. The molecule has 0 aliphatic carbocycles. The molecule has 1 amide bonds. The smallest absolute Gasteiger partial charge is 0.328 e. The van der Waals surface area contributed by atoms with Crippen LogP contribution in [0.1, 0.15) is 6.92 Å². The third-order valence-electron chi connectivity index (χ3n) is 2.37. The molecule has 1 atom stereocenters. The maximum absolute atomic E-state index is 11.3. The van der Waals surface area contributed by atoms with Crippen molar-refractivity contribution in [3.05, 3.63) is 0 Å². The van der Waals surface area contributed by atoms with Gasteiger partial charge in [-0.25, -0.2) is 4.79 Å². The van der Waals surface area contributed by atoms with Crippen molar-refractivity contribution in [2.75, 3.05) is 26.3 Å². The normalized spacial score (nSPS) is 19.6. The Labute approximate surface area is 92.8 Å². The highest BCUT2D eigenvalue weighted by molar-refractivity contribution is 5.84. The van der Waals surface area contributed by atoms with Crippen molar-refractivity contribution in [3.63, 3.8) is 0 Å². The summed E-state index contributed by atoms with van der Waals surface area (Å²) in [6, 6.07) is -1.27. The number of hydrogen-bond donors (Lipinski definition) is 4. The number of aliphatic hydroxyl groups excluding tert-OH is 1. The number of rotatable bonds is 6. The van der Waals surface area contributed by atoms with Crippen LogP contribution in [0.25, 0.3) is 0 Å². The quantitative estimate of drug-likeness (QED) is 0.419. The number of carboxylic acid groups (broad SMARTS) is 1. The largest absolute Gasteiger partial charge is 0.480 e. The highest BCUT2D eigenvalue weighted by Gasteiger charge is 2.33. The molecule has 92 valence electrons. The van der Waals surface area contributed by atoms with E-state index in [4.69, 9.17) is 14.9 Å². The Morgan fingerprint density at radius 3 is 2.56 bits per heavy atom. The van der Waals surface area contributed by atoms with Gasteiger partial charge in [-0.3, -0.25) is 4.79 Å². The molecule has 0 bridgehead atoms. The molecule has 0 aromatic carbocycles. The van der Waals surface area contributed by atoms with E-state index in [0.29, 0.717) is 13.1 Å². The third kappa shape index (κ3) is 3.44. The van der Waals surface area contributed by atoms with Crippen LogP contribution in [0, 0.1) is 0 Å². The molecule has 7 heteroatoms. The molecule has 1 rings (SSSR count). The standard InChI is InChI=1S/C9H16N2O5/c1-9(4-10-5-9)16-3-7(13)11-6(2-12)8(14)15/h6,10,12H,2-5H2,1H3,(H,11,13)(H,14,15). The molecule has 1 heterocycles. The first-order valence-corrected chi connectivity index (χ1v) is 4.94. The van der Waals surface area contributed by atoms with Crippen LogP contribution in [-0.2, 0) is 14.3 Å². The summed E-state index contributed by atoms with van der Waals surface area (Å²) in [6.45, 7) is 2.35. The molecule has 1 saturated heterocycles. The number of amides is 1. The van der Waals surface area contributed by atoms with E-state index in [1.165, 1.54) is 0 Å². The van der Waals surface area contributed by atoms with Crippen molar-refractivity contribution in [2.24, 2.45) is 0 Å². The SMILES string of the molecule is CC1(OCC(=O)NC(CO)C(=O)O)CNC1. The van der Waals surface area contributed by atoms with Gasteiger partial charge in [-0.15, -0.1) is 0 Å². The van der Waals surface area contributed by atoms with Crippen molar-refractivity contribution >= 4 is 11.9 Å². The summed E-state index contributed by atoms with van der Waals surface area (Å²) in [5.41, 5.74) is -0.352. The molecule has 1 fully saturated rings. The highest BCUT2D eigenvalue weighted by Crippen LogP contribution is 2.14. The molecule has 1 aliphatic rings. The van der Waals surface area contributed by atoms with E-state index in [-0.39, 0.29) is 12.2 Å². The number of carbonyl (C=O) groups is 2. The minimum Gasteiger partial charge on any atom is -0.480 e. The molecule has 16 heavy (non-hydrogen) atoms. The summed E-state index contributed by atoms with van der Waals surface area (Å²) in [7, 11) is 0. The Hall–Kier alpha value is -1.18. The van der Waals surface area contributed by atoms with Gasteiger partial charge < -0.3 is 25.6 Å². The second-order valence-electron chi connectivity index (χ2n) is 3.98. The van der Waals surface area contributed by atoms with Crippen LogP contribution in [0.3, 0.4) is 0 Å². The summed E-state index contributed by atoms with van der Waals surface area (Å²) >= 11 is 0. The van der Waals surface area contributed by atoms with Crippen molar-refractivity contribution in [2.45, 2.75) is 18.6 Å². The Balaban J connectivity index is 2.27. The van der Waals surface area contributed by atoms with Crippen LogP contribution in [-0.4, -0.2) is 60.0 Å². The van der Waals surface area contributed by atoms with E-state index in [1.54, 1.807) is 0 Å². The summed E-state index contributed by atoms with van der Waals surface area (Å²) in [6.07, 6.45) is 0. The first kappa shape index (κ1) is 12.9. The fraction of sp³-hybridized carbons (Fsp3) is 0.778. The topological polar surface area (TPSA) is 108 Å². The van der Waals surface area contributed by atoms with Crippen LogP contribution >= 0.6 is 0 Å². The van der Waals surface area contributed by atoms with E-state index in [1.807, 2.05) is 6.92 Å². The summed E-state index contributed by atoms with van der Waals surface area (Å²) < 4.78 is 5.30. The molecule has 0 spiro atoms. The van der Waals surface area contributed by atoms with Gasteiger partial charge in [0.15, 0.2) is 0 Å². The Morgan fingerprint density at radius 1 is 1.56 bits per heavy atom. The predicted molar refractivity (Wildman–Crippen MR) is 53.9 cm³/mol. The minimum atomic E-state index is -1.27. The molecular weight excluding hydrogens is 216 g/mol. The minimum absolute atomic E-state index is 0.206. The van der Waals surface area contributed by atoms with Crippen LogP contribution in [0.4, 0.5) is 0 Å². The zero-order valence-electron chi connectivity index (χ0n) is 9.02. The summed E-state index contributed by atoms with van der Waals surface area (Å²) in [4.78, 5) is 21.8. The van der Waals surface area contributed by atoms with Gasteiger partial charge in [0.2, 0.25) is 5.91 Å². The molecular formula is C9H16N2O5. The lowest BCUT2D eigenvalue weighted by Crippen LogP contribution is -2.60. The average Bonchev–Trinajstić information content (AvgIpc) is 2.19. The maximum Gasteiger partial charge on any atom is 0.328 e. The van der Waals surface area contributed by atoms with E-state index < -0.39 is 24.5 Å². The second kappa shape index (κ2) is 5.24. The third-order valence-corrected chi connectivity index (χ3v) is 2.37. The Morgan fingerprint density at radius 2 is 2.19 bits per heavy atom. The Bertz CT molecular complexity index is 277. The molecule has 0 saturated carbocycles. The summed E-state index contributed by atoms with van der Waals surface area (Å²) in [5, 5.41) is 22.4. The number of ether oxygens (including phenoxy) is 1. The summed E-state index contributed by atoms with van der Waals surface area (Å²) in [5.74, 6) is -1.82. The van der Waals surface area contributed by atoms with Crippen molar-refractivity contribution in [1.29, 1.82) is 0 Å². The monoisotopic (exact) mass is 232 g/mol. The number of nitrogens with one attached hydrogen (secondary N) is 2. The maximum atomic E-state index is 11.3. The fourth-order valence-corrected chi connectivity index (χ4v) is 1.24. The number of aliphatic carboxylic acids is 1. The van der Waals surface area contributed by atoms with E-state index >= 15 is 0 Å². The van der Waals surface area contributed by atoms with Gasteiger partial charge in [0, 0.05) is 13.1 Å². The lowest BCUT2D eigenvalue weighted by atomic mass is 10.0. The van der Waals surface area contributed by atoms with Gasteiger partial charge in [0.05, 0.1) is 12.2 Å².